The van der Waals surface area contributed by atoms with Gasteiger partial charge in [-0.25, -0.2) is 0 Å². The van der Waals surface area contributed by atoms with E-state index in [9.17, 15) is 0 Å². The van der Waals surface area contributed by atoms with E-state index in [1.807, 2.05) is 50.6 Å². The standard InChI is InChI=1S/C5H6.C4H4S.2C3H8.2C2H6/c2*1-2-4-5-3-1;2*1-3-2;2*1-2/h1-4H,5H2;1-4H;2*3H2,1-2H3;2*1-2H3. The first-order valence-electron chi connectivity index (χ1n) is 8.12. The van der Waals surface area contributed by atoms with E-state index >= 15 is 0 Å². The van der Waals surface area contributed by atoms with Crippen LogP contribution in [0.2, 0.25) is 0 Å². The van der Waals surface area contributed by atoms with Crippen molar-refractivity contribution in [2.45, 2.75) is 74.7 Å². The molecule has 1 heteroatoms. The van der Waals surface area contributed by atoms with E-state index in [0.29, 0.717) is 0 Å². The molecule has 1 aliphatic carbocycles. The first kappa shape index (κ1) is 27.5. The highest BCUT2D eigenvalue weighted by Crippen LogP contribution is 1.93. The molecule has 0 N–H and O–H groups in total. The Hall–Kier alpha value is -0.820. The largest absolute Gasteiger partial charge is 0.152 e. The summed E-state index contributed by atoms with van der Waals surface area (Å²) in [5, 5.41) is 4.08. The summed E-state index contributed by atoms with van der Waals surface area (Å²) >= 11 is 1.71. The van der Waals surface area contributed by atoms with E-state index in [-0.39, 0.29) is 0 Å². The Bertz CT molecular complexity index is 191. The SMILES string of the molecule is C1=CCC=C1.CC.CC.CCC.CCC.c1ccsc1. The lowest BCUT2D eigenvalue weighted by Gasteiger charge is -1.57. The van der Waals surface area contributed by atoms with Gasteiger partial charge in [-0.05, 0) is 17.2 Å². The lowest BCUT2D eigenvalue weighted by molar-refractivity contribution is 1.09. The van der Waals surface area contributed by atoms with Crippen LogP contribution in [-0.2, 0) is 0 Å². The Morgan fingerprint density at radius 3 is 1.10 bits per heavy atom. The van der Waals surface area contributed by atoms with Crippen molar-refractivity contribution in [3.8, 4) is 0 Å². The quantitative estimate of drug-likeness (QED) is 0.453. The third-order valence-corrected chi connectivity index (χ3v) is 1.71. The molecule has 0 radical (unpaired) electrons. The molecule has 0 saturated heterocycles. The maximum atomic E-state index is 2.12. The summed E-state index contributed by atoms with van der Waals surface area (Å²) in [6, 6.07) is 4.04. The molecule has 20 heavy (non-hydrogen) atoms. The minimum Gasteiger partial charge on any atom is -0.152 e. The van der Waals surface area contributed by atoms with Gasteiger partial charge in [-0.1, -0.05) is 105 Å². The number of thiophene rings is 1. The molecule has 0 bridgehead atoms. The summed E-state index contributed by atoms with van der Waals surface area (Å²) in [6.45, 7) is 16.5. The van der Waals surface area contributed by atoms with Crippen molar-refractivity contribution in [2.75, 3.05) is 0 Å². The van der Waals surface area contributed by atoms with Crippen LogP contribution in [0.4, 0.5) is 0 Å². The van der Waals surface area contributed by atoms with Crippen molar-refractivity contribution in [1.82, 2.24) is 0 Å². The monoisotopic (exact) mass is 298 g/mol. The Kier molecular flexibility index (Phi) is 59.0. The summed E-state index contributed by atoms with van der Waals surface area (Å²) in [5.41, 5.74) is 0. The summed E-state index contributed by atoms with van der Waals surface area (Å²) in [5.74, 6) is 0. The van der Waals surface area contributed by atoms with Crippen LogP contribution in [0, 0.1) is 0 Å². The Morgan fingerprint density at radius 1 is 0.700 bits per heavy atom. The van der Waals surface area contributed by atoms with Gasteiger partial charge in [0.05, 0.1) is 0 Å². The zero-order chi connectivity index (χ0) is 16.5. The Balaban J connectivity index is -0.0000000810. The molecule has 0 amide bonds. The molecule has 0 aliphatic heterocycles. The van der Waals surface area contributed by atoms with Gasteiger partial charge in [0, 0.05) is 0 Å². The first-order valence-corrected chi connectivity index (χ1v) is 9.06. The third kappa shape index (κ3) is 53.4. The summed E-state index contributed by atoms with van der Waals surface area (Å²) in [4.78, 5) is 0. The molecule has 0 atom stereocenters. The summed E-state index contributed by atoms with van der Waals surface area (Å²) < 4.78 is 0. The normalized spacial score (nSPS) is 8.80. The van der Waals surface area contributed by atoms with E-state index in [4.69, 9.17) is 0 Å². The molecule has 0 unspecified atom stereocenters. The molecule has 0 nitrogen and oxygen atoms in total. The van der Waals surface area contributed by atoms with Crippen LogP contribution < -0.4 is 0 Å². The van der Waals surface area contributed by atoms with Crippen molar-refractivity contribution in [3.05, 3.63) is 47.2 Å². The Labute approximate surface area is 133 Å². The van der Waals surface area contributed by atoms with Gasteiger partial charge < -0.3 is 0 Å². The van der Waals surface area contributed by atoms with E-state index in [2.05, 4.69) is 52.0 Å². The molecule has 0 fully saturated rings. The lowest BCUT2D eigenvalue weighted by Crippen LogP contribution is -1.37. The molecule has 1 heterocycles. The zero-order valence-corrected chi connectivity index (χ0v) is 16.0. The van der Waals surface area contributed by atoms with Crippen LogP contribution in [0.3, 0.4) is 0 Å². The molecule has 0 saturated carbocycles. The number of hydrogen-bond acceptors (Lipinski definition) is 1. The second kappa shape index (κ2) is 42.9. The molecule has 0 spiro atoms. The van der Waals surface area contributed by atoms with Crippen molar-refractivity contribution in [2.24, 2.45) is 0 Å². The highest BCUT2D eigenvalue weighted by molar-refractivity contribution is 7.07. The van der Waals surface area contributed by atoms with Gasteiger partial charge in [0.1, 0.15) is 0 Å². The van der Waals surface area contributed by atoms with Gasteiger partial charge in [0.25, 0.3) is 0 Å². The fourth-order valence-electron chi connectivity index (χ4n) is 0.620. The molecule has 1 aliphatic rings. The topological polar surface area (TPSA) is 0 Å². The van der Waals surface area contributed by atoms with E-state index in [0.717, 1.165) is 6.42 Å². The second-order valence-electron chi connectivity index (χ2n) is 3.30. The lowest BCUT2D eigenvalue weighted by atomic mass is 10.5. The van der Waals surface area contributed by atoms with Gasteiger partial charge in [-0.3, -0.25) is 0 Å². The maximum Gasteiger partial charge on any atom is -0.00934 e. The second-order valence-corrected chi connectivity index (χ2v) is 4.12. The molecule has 1 aromatic heterocycles. The predicted molar refractivity (Wildman–Crippen MR) is 102 cm³/mol. The molecule has 2 rings (SSSR count). The van der Waals surface area contributed by atoms with E-state index in [1.165, 1.54) is 12.8 Å². The summed E-state index contributed by atoms with van der Waals surface area (Å²) in [6.07, 6.45) is 12.0. The fourth-order valence-corrected chi connectivity index (χ4v) is 1.07. The van der Waals surface area contributed by atoms with Crippen LogP contribution in [-0.4, -0.2) is 0 Å². The maximum absolute atomic E-state index is 2.12. The molecule has 0 aromatic carbocycles. The van der Waals surface area contributed by atoms with Crippen LogP contribution in [0.25, 0.3) is 0 Å². The van der Waals surface area contributed by atoms with Gasteiger partial charge in [-0.15, -0.1) is 0 Å². The molecular formula is C19H38S. The third-order valence-electron chi connectivity index (χ3n) is 1.08. The van der Waals surface area contributed by atoms with Crippen molar-refractivity contribution < 1.29 is 0 Å². The van der Waals surface area contributed by atoms with Crippen LogP contribution in [0.5, 0.6) is 0 Å². The van der Waals surface area contributed by atoms with Crippen LogP contribution >= 0.6 is 11.3 Å². The molecular weight excluding hydrogens is 260 g/mol. The highest BCUT2D eigenvalue weighted by atomic mass is 32.1. The van der Waals surface area contributed by atoms with Crippen molar-refractivity contribution in [3.63, 3.8) is 0 Å². The van der Waals surface area contributed by atoms with Gasteiger partial charge in [0.2, 0.25) is 0 Å². The van der Waals surface area contributed by atoms with Crippen LogP contribution in [0.15, 0.2) is 47.2 Å². The smallest absolute Gasteiger partial charge is 0.00934 e. The van der Waals surface area contributed by atoms with E-state index in [1.54, 1.807) is 11.3 Å². The van der Waals surface area contributed by atoms with Crippen molar-refractivity contribution >= 4 is 11.3 Å². The van der Waals surface area contributed by atoms with Gasteiger partial charge in [0.15, 0.2) is 0 Å². The predicted octanol–water partition coefficient (Wildman–Crippen LogP) is 8.14. The van der Waals surface area contributed by atoms with E-state index < -0.39 is 0 Å². The average Bonchev–Trinajstić information content (AvgIpc) is 3.23. The van der Waals surface area contributed by atoms with Crippen molar-refractivity contribution in [1.29, 1.82) is 0 Å². The number of rotatable bonds is 0. The van der Waals surface area contributed by atoms with Crippen LogP contribution in [0.1, 0.15) is 74.7 Å². The minimum atomic E-state index is 1.14. The average molecular weight is 299 g/mol. The fraction of sp³-hybridized carbons (Fsp3) is 0.579. The number of allylic oxidation sites excluding steroid dienone is 4. The highest BCUT2D eigenvalue weighted by Gasteiger charge is 1.72. The number of hydrogen-bond donors (Lipinski definition) is 0. The van der Waals surface area contributed by atoms with Gasteiger partial charge >= 0.3 is 0 Å². The molecule has 1 aromatic rings. The first-order chi connectivity index (χ1) is 9.83. The molecule has 120 valence electrons. The minimum absolute atomic E-state index is 1.14. The zero-order valence-electron chi connectivity index (χ0n) is 15.1. The Morgan fingerprint density at radius 2 is 1.00 bits per heavy atom. The van der Waals surface area contributed by atoms with Gasteiger partial charge in [-0.2, -0.15) is 11.3 Å². The summed E-state index contributed by atoms with van der Waals surface area (Å²) in [7, 11) is 0.